The van der Waals surface area contributed by atoms with Crippen molar-refractivity contribution in [2.45, 2.75) is 20.4 Å². The Balaban J connectivity index is 0.00000220. The zero-order valence-electron chi connectivity index (χ0n) is 12.4. The van der Waals surface area contributed by atoms with Crippen LogP contribution in [0.15, 0.2) is 47.7 Å². The number of hydrogen-bond donors (Lipinski definition) is 2. The molecule has 21 heavy (non-hydrogen) atoms. The summed E-state index contributed by atoms with van der Waals surface area (Å²) in [5.74, 6) is 1.02. The molecule has 0 aliphatic heterocycles. The predicted octanol–water partition coefficient (Wildman–Crippen LogP) is 2.55. The van der Waals surface area contributed by atoms with E-state index in [1.54, 1.807) is 6.20 Å². The van der Waals surface area contributed by atoms with E-state index in [1.807, 2.05) is 41.2 Å². The molecule has 1 heterocycles. The highest BCUT2D eigenvalue weighted by molar-refractivity contribution is 14.0. The molecule has 6 heteroatoms. The van der Waals surface area contributed by atoms with Crippen molar-refractivity contribution in [3.05, 3.63) is 48.3 Å². The lowest BCUT2D eigenvalue weighted by Crippen LogP contribution is -2.34. The van der Waals surface area contributed by atoms with Crippen molar-refractivity contribution in [2.24, 2.45) is 16.6 Å². The van der Waals surface area contributed by atoms with Crippen molar-refractivity contribution in [3.63, 3.8) is 0 Å². The van der Waals surface area contributed by atoms with Gasteiger partial charge in [-0.1, -0.05) is 32.0 Å². The Labute approximate surface area is 142 Å². The van der Waals surface area contributed by atoms with Crippen LogP contribution in [0.2, 0.25) is 0 Å². The summed E-state index contributed by atoms with van der Waals surface area (Å²) in [6.45, 7) is 5.63. The van der Waals surface area contributed by atoms with Gasteiger partial charge in [-0.05, 0) is 23.6 Å². The van der Waals surface area contributed by atoms with Crippen LogP contribution in [0.1, 0.15) is 19.4 Å². The zero-order chi connectivity index (χ0) is 14.4. The Bertz CT molecular complexity index is 563. The SMILES string of the molecule is CC(C)CNC(N)=NCc1ccccc1-n1cccn1.I. The molecular weight excluding hydrogens is 377 g/mol. The van der Waals surface area contributed by atoms with E-state index in [9.17, 15) is 0 Å². The van der Waals surface area contributed by atoms with Crippen molar-refractivity contribution in [3.8, 4) is 5.69 Å². The van der Waals surface area contributed by atoms with Crippen LogP contribution in [-0.2, 0) is 6.54 Å². The van der Waals surface area contributed by atoms with Crippen LogP contribution in [0.5, 0.6) is 0 Å². The molecule has 2 rings (SSSR count). The molecule has 0 aliphatic rings. The highest BCUT2D eigenvalue weighted by Gasteiger charge is 2.03. The number of aromatic nitrogens is 2. The Morgan fingerprint density at radius 1 is 1.33 bits per heavy atom. The average Bonchev–Trinajstić information content (AvgIpc) is 2.97. The van der Waals surface area contributed by atoms with Gasteiger partial charge in [0.25, 0.3) is 0 Å². The molecule has 114 valence electrons. The zero-order valence-corrected chi connectivity index (χ0v) is 14.7. The van der Waals surface area contributed by atoms with Gasteiger partial charge in [0.05, 0.1) is 12.2 Å². The molecule has 0 saturated heterocycles. The smallest absolute Gasteiger partial charge is 0.188 e. The van der Waals surface area contributed by atoms with Crippen LogP contribution < -0.4 is 11.1 Å². The largest absolute Gasteiger partial charge is 0.370 e. The maximum atomic E-state index is 5.86. The molecule has 5 nitrogen and oxygen atoms in total. The lowest BCUT2D eigenvalue weighted by Gasteiger charge is -2.10. The minimum absolute atomic E-state index is 0. The molecular formula is C15H22IN5. The average molecular weight is 399 g/mol. The van der Waals surface area contributed by atoms with Gasteiger partial charge in [0, 0.05) is 18.9 Å². The molecule has 0 unspecified atom stereocenters. The fourth-order valence-corrected chi connectivity index (χ4v) is 1.81. The summed E-state index contributed by atoms with van der Waals surface area (Å²) in [5, 5.41) is 7.37. The molecule has 0 radical (unpaired) electrons. The summed E-state index contributed by atoms with van der Waals surface area (Å²) >= 11 is 0. The number of hydrogen-bond acceptors (Lipinski definition) is 2. The fraction of sp³-hybridized carbons (Fsp3) is 0.333. The van der Waals surface area contributed by atoms with E-state index in [0.717, 1.165) is 17.8 Å². The quantitative estimate of drug-likeness (QED) is 0.461. The van der Waals surface area contributed by atoms with Crippen molar-refractivity contribution in [1.29, 1.82) is 0 Å². The molecule has 0 atom stereocenters. The Hall–Kier alpha value is -1.57. The minimum atomic E-state index is 0. The number of nitrogens with zero attached hydrogens (tertiary/aromatic N) is 3. The first-order valence-corrected chi connectivity index (χ1v) is 6.78. The van der Waals surface area contributed by atoms with Gasteiger partial charge in [0.15, 0.2) is 5.96 Å². The van der Waals surface area contributed by atoms with Crippen LogP contribution in [0.25, 0.3) is 5.69 Å². The van der Waals surface area contributed by atoms with E-state index < -0.39 is 0 Å². The summed E-state index contributed by atoms with van der Waals surface area (Å²) in [6, 6.07) is 9.95. The predicted molar refractivity (Wildman–Crippen MR) is 97.1 cm³/mol. The molecule has 0 fully saturated rings. The number of aliphatic imine (C=N–C) groups is 1. The van der Waals surface area contributed by atoms with Crippen LogP contribution in [-0.4, -0.2) is 22.3 Å². The number of halogens is 1. The van der Waals surface area contributed by atoms with Gasteiger partial charge in [-0.3, -0.25) is 0 Å². The minimum Gasteiger partial charge on any atom is -0.370 e. The molecule has 2 aromatic rings. The van der Waals surface area contributed by atoms with Gasteiger partial charge >= 0.3 is 0 Å². The summed E-state index contributed by atoms with van der Waals surface area (Å²) in [7, 11) is 0. The Morgan fingerprint density at radius 3 is 2.76 bits per heavy atom. The van der Waals surface area contributed by atoms with Gasteiger partial charge in [0.2, 0.25) is 0 Å². The summed E-state index contributed by atoms with van der Waals surface area (Å²) in [5.41, 5.74) is 7.97. The summed E-state index contributed by atoms with van der Waals surface area (Å²) < 4.78 is 1.84. The third-order valence-electron chi connectivity index (χ3n) is 2.85. The van der Waals surface area contributed by atoms with Crippen LogP contribution in [0.3, 0.4) is 0 Å². The Kier molecular flexibility index (Phi) is 7.21. The second-order valence-electron chi connectivity index (χ2n) is 5.06. The number of nitrogens with one attached hydrogen (secondary N) is 1. The van der Waals surface area contributed by atoms with E-state index in [4.69, 9.17) is 5.73 Å². The highest BCUT2D eigenvalue weighted by Crippen LogP contribution is 2.14. The topological polar surface area (TPSA) is 68.2 Å². The molecule has 0 spiro atoms. The van der Waals surface area contributed by atoms with Gasteiger partial charge in [-0.15, -0.1) is 24.0 Å². The van der Waals surface area contributed by atoms with Crippen molar-refractivity contribution < 1.29 is 0 Å². The van der Waals surface area contributed by atoms with Crippen molar-refractivity contribution >= 4 is 29.9 Å². The second-order valence-corrected chi connectivity index (χ2v) is 5.06. The lowest BCUT2D eigenvalue weighted by molar-refractivity contribution is 0.622. The first-order valence-electron chi connectivity index (χ1n) is 6.78. The van der Waals surface area contributed by atoms with Crippen molar-refractivity contribution in [1.82, 2.24) is 15.1 Å². The molecule has 1 aromatic carbocycles. The second kappa shape index (κ2) is 8.66. The van der Waals surface area contributed by atoms with E-state index in [0.29, 0.717) is 18.4 Å². The molecule has 0 bridgehead atoms. The van der Waals surface area contributed by atoms with Crippen LogP contribution >= 0.6 is 24.0 Å². The van der Waals surface area contributed by atoms with E-state index in [2.05, 4.69) is 29.3 Å². The number of benzene rings is 1. The van der Waals surface area contributed by atoms with Crippen LogP contribution in [0.4, 0.5) is 0 Å². The third-order valence-corrected chi connectivity index (χ3v) is 2.85. The summed E-state index contributed by atoms with van der Waals surface area (Å²) in [6.07, 6.45) is 3.68. The lowest BCUT2D eigenvalue weighted by atomic mass is 10.2. The number of guanidine groups is 1. The molecule has 3 N–H and O–H groups in total. The normalized spacial score (nSPS) is 11.3. The van der Waals surface area contributed by atoms with Gasteiger partial charge < -0.3 is 11.1 Å². The van der Waals surface area contributed by atoms with E-state index >= 15 is 0 Å². The monoisotopic (exact) mass is 399 g/mol. The van der Waals surface area contributed by atoms with Crippen LogP contribution in [0, 0.1) is 5.92 Å². The first-order chi connectivity index (χ1) is 9.66. The molecule has 0 aliphatic carbocycles. The molecule has 0 amide bonds. The van der Waals surface area contributed by atoms with E-state index in [-0.39, 0.29) is 24.0 Å². The number of nitrogens with two attached hydrogens (primary N) is 1. The third kappa shape index (κ3) is 5.37. The number of para-hydroxylation sites is 1. The molecule has 0 saturated carbocycles. The maximum absolute atomic E-state index is 5.86. The highest BCUT2D eigenvalue weighted by atomic mass is 127. The maximum Gasteiger partial charge on any atom is 0.188 e. The van der Waals surface area contributed by atoms with Crippen molar-refractivity contribution in [2.75, 3.05) is 6.54 Å². The first kappa shape index (κ1) is 17.5. The summed E-state index contributed by atoms with van der Waals surface area (Å²) in [4.78, 5) is 4.38. The standard InChI is InChI=1S/C15H21N5.HI/c1-12(2)10-17-15(16)18-11-13-6-3-4-7-14(13)20-9-5-8-19-20;/h3-9,12H,10-11H2,1-2H3,(H3,16,17,18);1H. The van der Waals surface area contributed by atoms with Gasteiger partial charge in [-0.25, -0.2) is 9.67 Å². The van der Waals surface area contributed by atoms with E-state index in [1.165, 1.54) is 0 Å². The Morgan fingerprint density at radius 2 is 2.10 bits per heavy atom. The number of rotatable bonds is 5. The van der Waals surface area contributed by atoms with Gasteiger partial charge in [-0.2, -0.15) is 5.10 Å². The fourth-order valence-electron chi connectivity index (χ4n) is 1.81. The van der Waals surface area contributed by atoms with Gasteiger partial charge in [0.1, 0.15) is 0 Å². The molecule has 1 aromatic heterocycles.